The smallest absolute Gasteiger partial charge is 0.232 e. The van der Waals surface area contributed by atoms with Crippen LogP contribution in [0.15, 0.2) is 18.2 Å². The molecule has 1 aliphatic heterocycles. The lowest BCUT2D eigenvalue weighted by Crippen LogP contribution is -2.45. The SMILES string of the molecule is O=C1Nc2ccc(F)cc2NCC12CCC2. The van der Waals surface area contributed by atoms with Crippen LogP contribution < -0.4 is 10.6 Å². The van der Waals surface area contributed by atoms with E-state index in [0.29, 0.717) is 17.9 Å². The molecule has 16 heavy (non-hydrogen) atoms. The van der Waals surface area contributed by atoms with Gasteiger partial charge in [0.2, 0.25) is 5.91 Å². The molecule has 2 aliphatic rings. The van der Waals surface area contributed by atoms with Crippen molar-refractivity contribution in [1.29, 1.82) is 0 Å². The summed E-state index contributed by atoms with van der Waals surface area (Å²) in [6.45, 7) is 0.606. The molecule has 1 amide bonds. The van der Waals surface area contributed by atoms with Gasteiger partial charge in [-0.15, -0.1) is 0 Å². The number of carbonyl (C=O) groups is 1. The molecule has 1 aromatic rings. The fourth-order valence-electron chi connectivity index (χ4n) is 2.38. The minimum Gasteiger partial charge on any atom is -0.382 e. The second-order valence-electron chi connectivity index (χ2n) is 4.63. The number of carbonyl (C=O) groups excluding carboxylic acids is 1. The number of halogens is 1. The predicted octanol–water partition coefficient (Wildman–Crippen LogP) is 2.36. The van der Waals surface area contributed by atoms with Crippen LogP contribution in [0.25, 0.3) is 0 Å². The minimum atomic E-state index is -0.287. The van der Waals surface area contributed by atoms with Crippen LogP contribution in [0, 0.1) is 11.2 Å². The molecule has 1 fully saturated rings. The number of nitrogens with one attached hydrogen (secondary N) is 2. The summed E-state index contributed by atoms with van der Waals surface area (Å²) in [4.78, 5) is 12.0. The average molecular weight is 220 g/mol. The van der Waals surface area contributed by atoms with Crippen molar-refractivity contribution >= 4 is 17.3 Å². The van der Waals surface area contributed by atoms with E-state index in [9.17, 15) is 9.18 Å². The first kappa shape index (κ1) is 9.63. The lowest BCUT2D eigenvalue weighted by atomic mass is 9.68. The van der Waals surface area contributed by atoms with Gasteiger partial charge < -0.3 is 10.6 Å². The van der Waals surface area contributed by atoms with Gasteiger partial charge in [-0.1, -0.05) is 6.42 Å². The fraction of sp³-hybridized carbons (Fsp3) is 0.417. The molecular weight excluding hydrogens is 207 g/mol. The van der Waals surface area contributed by atoms with Gasteiger partial charge in [0.15, 0.2) is 0 Å². The summed E-state index contributed by atoms with van der Waals surface area (Å²) >= 11 is 0. The molecule has 1 saturated carbocycles. The maximum Gasteiger partial charge on any atom is 0.232 e. The van der Waals surface area contributed by atoms with Crippen molar-refractivity contribution in [3.05, 3.63) is 24.0 Å². The van der Waals surface area contributed by atoms with Crippen LogP contribution in [0.2, 0.25) is 0 Å². The molecule has 3 nitrogen and oxygen atoms in total. The van der Waals surface area contributed by atoms with Crippen LogP contribution in [-0.2, 0) is 4.79 Å². The summed E-state index contributed by atoms with van der Waals surface area (Å²) in [6.07, 6.45) is 2.93. The highest BCUT2D eigenvalue weighted by atomic mass is 19.1. The third-order valence-corrected chi connectivity index (χ3v) is 3.64. The van der Waals surface area contributed by atoms with Crippen molar-refractivity contribution in [2.45, 2.75) is 19.3 Å². The molecule has 2 N–H and O–H groups in total. The maximum absolute atomic E-state index is 13.1. The molecule has 3 rings (SSSR count). The summed E-state index contributed by atoms with van der Waals surface area (Å²) in [5.41, 5.74) is 1.09. The molecule has 0 radical (unpaired) electrons. The zero-order valence-corrected chi connectivity index (χ0v) is 8.85. The topological polar surface area (TPSA) is 41.1 Å². The van der Waals surface area contributed by atoms with Crippen molar-refractivity contribution in [2.75, 3.05) is 17.2 Å². The van der Waals surface area contributed by atoms with Gasteiger partial charge in [-0.25, -0.2) is 4.39 Å². The zero-order valence-electron chi connectivity index (χ0n) is 8.85. The highest BCUT2D eigenvalue weighted by Gasteiger charge is 2.45. The summed E-state index contributed by atoms with van der Waals surface area (Å²) in [5.74, 6) is -0.221. The summed E-state index contributed by atoms with van der Waals surface area (Å²) < 4.78 is 13.1. The molecular formula is C12H13FN2O. The summed E-state index contributed by atoms with van der Waals surface area (Å²) in [7, 11) is 0. The Morgan fingerprint density at radius 1 is 1.25 bits per heavy atom. The van der Waals surface area contributed by atoms with Crippen molar-refractivity contribution in [1.82, 2.24) is 0 Å². The van der Waals surface area contributed by atoms with E-state index in [1.54, 1.807) is 6.07 Å². The largest absolute Gasteiger partial charge is 0.382 e. The van der Waals surface area contributed by atoms with Crippen LogP contribution in [0.4, 0.5) is 15.8 Å². The van der Waals surface area contributed by atoms with E-state index in [1.165, 1.54) is 12.1 Å². The Hall–Kier alpha value is -1.58. The average Bonchev–Trinajstić information content (AvgIpc) is 2.33. The lowest BCUT2D eigenvalue weighted by Gasteiger charge is -2.38. The van der Waals surface area contributed by atoms with E-state index in [-0.39, 0.29) is 17.1 Å². The molecule has 1 heterocycles. The number of benzene rings is 1. The van der Waals surface area contributed by atoms with Gasteiger partial charge in [0, 0.05) is 6.54 Å². The predicted molar refractivity (Wildman–Crippen MR) is 59.8 cm³/mol. The molecule has 1 spiro atoms. The number of hydrogen-bond acceptors (Lipinski definition) is 2. The molecule has 4 heteroatoms. The quantitative estimate of drug-likeness (QED) is 0.704. The van der Waals surface area contributed by atoms with Crippen LogP contribution >= 0.6 is 0 Å². The molecule has 1 aliphatic carbocycles. The van der Waals surface area contributed by atoms with Crippen LogP contribution in [0.3, 0.4) is 0 Å². The molecule has 0 bridgehead atoms. The van der Waals surface area contributed by atoms with E-state index in [2.05, 4.69) is 10.6 Å². The maximum atomic E-state index is 13.1. The van der Waals surface area contributed by atoms with Crippen molar-refractivity contribution in [3.63, 3.8) is 0 Å². The Labute approximate surface area is 93.0 Å². The lowest BCUT2D eigenvalue weighted by molar-refractivity contribution is -0.129. The highest BCUT2D eigenvalue weighted by molar-refractivity contribution is 6.00. The number of fused-ring (bicyclic) bond motifs is 1. The second-order valence-corrected chi connectivity index (χ2v) is 4.63. The van der Waals surface area contributed by atoms with Gasteiger partial charge in [-0.3, -0.25) is 4.79 Å². The third-order valence-electron chi connectivity index (χ3n) is 3.64. The van der Waals surface area contributed by atoms with E-state index in [0.717, 1.165) is 19.3 Å². The van der Waals surface area contributed by atoms with Gasteiger partial charge in [-0.2, -0.15) is 0 Å². The van der Waals surface area contributed by atoms with Crippen LogP contribution in [0.1, 0.15) is 19.3 Å². The first-order valence-electron chi connectivity index (χ1n) is 5.55. The van der Waals surface area contributed by atoms with Crippen LogP contribution in [0.5, 0.6) is 0 Å². The van der Waals surface area contributed by atoms with Gasteiger partial charge in [-0.05, 0) is 31.0 Å². The van der Waals surface area contributed by atoms with Gasteiger partial charge >= 0.3 is 0 Å². The number of amides is 1. The number of hydrogen-bond donors (Lipinski definition) is 2. The number of anilines is 2. The van der Waals surface area contributed by atoms with Gasteiger partial charge in [0.05, 0.1) is 16.8 Å². The van der Waals surface area contributed by atoms with Crippen molar-refractivity contribution in [2.24, 2.45) is 5.41 Å². The first-order valence-corrected chi connectivity index (χ1v) is 5.55. The highest BCUT2D eigenvalue weighted by Crippen LogP contribution is 2.44. The van der Waals surface area contributed by atoms with E-state index in [1.807, 2.05) is 0 Å². The van der Waals surface area contributed by atoms with E-state index in [4.69, 9.17) is 0 Å². The Bertz CT molecular complexity index is 454. The number of rotatable bonds is 0. The zero-order chi connectivity index (χ0) is 11.2. The molecule has 0 atom stereocenters. The normalized spacial score (nSPS) is 21.4. The molecule has 0 aromatic heterocycles. The standard InChI is InChI=1S/C12H13FN2O/c13-8-2-3-9-10(6-8)14-7-12(4-1-5-12)11(16)15-9/h2-3,6,14H,1,4-5,7H2,(H,15,16). The van der Waals surface area contributed by atoms with Gasteiger partial charge in [0.25, 0.3) is 0 Å². The van der Waals surface area contributed by atoms with Crippen molar-refractivity contribution < 1.29 is 9.18 Å². The van der Waals surface area contributed by atoms with E-state index >= 15 is 0 Å². The fourth-order valence-corrected chi connectivity index (χ4v) is 2.38. The van der Waals surface area contributed by atoms with Crippen LogP contribution in [-0.4, -0.2) is 12.5 Å². The minimum absolute atomic E-state index is 0.0663. The Morgan fingerprint density at radius 2 is 2.06 bits per heavy atom. The first-order chi connectivity index (χ1) is 7.70. The molecule has 0 unspecified atom stereocenters. The van der Waals surface area contributed by atoms with E-state index < -0.39 is 0 Å². The molecule has 84 valence electrons. The molecule has 0 saturated heterocycles. The summed E-state index contributed by atoms with van der Waals surface area (Å²) in [5, 5.41) is 6.04. The van der Waals surface area contributed by atoms with Gasteiger partial charge in [0.1, 0.15) is 5.82 Å². The third kappa shape index (κ3) is 1.29. The Balaban J connectivity index is 1.96. The van der Waals surface area contributed by atoms with Crippen molar-refractivity contribution in [3.8, 4) is 0 Å². The Morgan fingerprint density at radius 3 is 2.75 bits per heavy atom. The molecule has 1 aromatic carbocycles. The Kier molecular flexibility index (Phi) is 1.93. The monoisotopic (exact) mass is 220 g/mol. The summed E-state index contributed by atoms with van der Waals surface area (Å²) in [6, 6.07) is 4.39. The second kappa shape index (κ2) is 3.20.